The number of pyridine rings is 2. The third-order valence-corrected chi connectivity index (χ3v) is 6.84. The number of amides is 1. The molecule has 2 bridgehead atoms. The fourth-order valence-electron chi connectivity index (χ4n) is 5.23. The topological polar surface area (TPSA) is 76.3 Å². The summed E-state index contributed by atoms with van der Waals surface area (Å²) >= 11 is 0. The van der Waals surface area contributed by atoms with Gasteiger partial charge in [-0.25, -0.2) is 9.78 Å². The molecular weight excluding hydrogens is 404 g/mol. The van der Waals surface area contributed by atoms with Crippen molar-refractivity contribution in [3.8, 4) is 0 Å². The molecule has 32 heavy (non-hydrogen) atoms. The zero-order valence-corrected chi connectivity index (χ0v) is 19.3. The van der Waals surface area contributed by atoms with Crippen LogP contribution < -0.4 is 10.6 Å². The first-order chi connectivity index (χ1) is 15.2. The van der Waals surface area contributed by atoms with E-state index in [-0.39, 0.29) is 29.1 Å². The van der Waals surface area contributed by atoms with Gasteiger partial charge in [-0.2, -0.15) is 0 Å². The minimum Gasteiger partial charge on any atom is -0.349 e. The van der Waals surface area contributed by atoms with Crippen molar-refractivity contribution < 1.29 is 4.79 Å². The summed E-state index contributed by atoms with van der Waals surface area (Å²) < 4.78 is 3.46. The molecule has 0 radical (unpaired) electrons. The molecule has 5 heterocycles. The lowest BCUT2D eigenvalue weighted by Crippen LogP contribution is -2.49. The van der Waals surface area contributed by atoms with Crippen molar-refractivity contribution in [2.75, 3.05) is 18.0 Å². The molecular formula is C24H30N6O2. The van der Waals surface area contributed by atoms with Crippen molar-refractivity contribution >= 4 is 22.9 Å². The first-order valence-electron chi connectivity index (χ1n) is 11.2. The second-order valence-electron chi connectivity index (χ2n) is 10.3. The predicted octanol–water partition coefficient (Wildman–Crippen LogP) is 2.53. The van der Waals surface area contributed by atoms with Crippen molar-refractivity contribution in [2.24, 2.45) is 18.4 Å². The molecule has 2 aliphatic heterocycles. The number of nitrogens with zero attached hydrogens (tertiary/aromatic N) is 6. The Morgan fingerprint density at radius 3 is 2.56 bits per heavy atom. The second kappa shape index (κ2) is 7.18. The molecule has 168 valence electrons. The summed E-state index contributed by atoms with van der Waals surface area (Å²) in [6, 6.07) is 8.00. The summed E-state index contributed by atoms with van der Waals surface area (Å²) in [6.45, 7) is 10.6. The Morgan fingerprint density at radius 2 is 1.94 bits per heavy atom. The smallest absolute Gasteiger partial charge is 0.330 e. The number of carbonyl (C=O) groups is 1. The number of piperazine rings is 1. The zero-order chi connectivity index (χ0) is 22.8. The van der Waals surface area contributed by atoms with Gasteiger partial charge in [0.1, 0.15) is 5.82 Å². The van der Waals surface area contributed by atoms with Gasteiger partial charge in [-0.1, -0.05) is 27.7 Å². The van der Waals surface area contributed by atoms with Crippen molar-refractivity contribution in [2.45, 2.75) is 46.3 Å². The number of rotatable bonds is 3. The van der Waals surface area contributed by atoms with Crippen LogP contribution in [-0.2, 0) is 13.6 Å². The Balaban J connectivity index is 1.43. The summed E-state index contributed by atoms with van der Waals surface area (Å²) in [5.41, 5.74) is 2.15. The van der Waals surface area contributed by atoms with E-state index in [1.54, 1.807) is 30.1 Å². The predicted molar refractivity (Wildman–Crippen MR) is 124 cm³/mol. The average Bonchev–Trinajstić information content (AvgIpc) is 3.35. The Bertz CT molecular complexity index is 1240. The molecule has 0 saturated carbocycles. The van der Waals surface area contributed by atoms with Crippen LogP contribution in [0, 0.1) is 11.3 Å². The maximum atomic E-state index is 13.0. The lowest BCUT2D eigenvalue weighted by molar-refractivity contribution is 0.0716. The molecule has 0 aromatic carbocycles. The first kappa shape index (κ1) is 20.7. The lowest BCUT2D eigenvalue weighted by atomic mass is 9.97. The van der Waals surface area contributed by atoms with Crippen molar-refractivity contribution in [1.82, 2.24) is 24.0 Å². The fraction of sp³-hybridized carbons (Fsp3) is 0.500. The monoisotopic (exact) mass is 434 g/mol. The molecule has 2 fully saturated rings. The van der Waals surface area contributed by atoms with Crippen LogP contribution in [0.3, 0.4) is 0 Å². The number of likely N-dealkylation sites (tertiary alicyclic amines) is 1. The van der Waals surface area contributed by atoms with E-state index >= 15 is 0 Å². The number of carbonyl (C=O) groups excluding carboxylic acids is 1. The van der Waals surface area contributed by atoms with E-state index in [0.717, 1.165) is 17.9 Å². The van der Waals surface area contributed by atoms with Crippen molar-refractivity contribution in [3.05, 3.63) is 52.7 Å². The van der Waals surface area contributed by atoms with E-state index in [4.69, 9.17) is 4.98 Å². The molecule has 5 rings (SSSR count). The number of imidazole rings is 1. The van der Waals surface area contributed by atoms with Gasteiger partial charge in [0, 0.05) is 45.0 Å². The fourth-order valence-corrected chi connectivity index (χ4v) is 5.23. The van der Waals surface area contributed by atoms with Gasteiger partial charge < -0.3 is 9.80 Å². The highest BCUT2D eigenvalue weighted by molar-refractivity contribution is 5.94. The molecule has 3 aromatic heterocycles. The standard InChI is InChI=1S/C24H30N6O2/c1-15-18-13-29(22(31)16-7-6-10-25-11-16)19(15)12-28(18)20-9-8-17-21(26-20)27(5)23(32)30(17)14-24(2,3)4/h6-11,15,18-19H,12-14H2,1-5H3/t15-,18?,19+/m1/s1. The Kier molecular flexibility index (Phi) is 4.65. The number of hydrogen-bond donors (Lipinski definition) is 0. The molecule has 1 unspecified atom stereocenters. The molecule has 8 heteroatoms. The molecule has 2 saturated heterocycles. The Labute approximate surface area is 187 Å². The number of aromatic nitrogens is 4. The van der Waals surface area contributed by atoms with E-state index < -0.39 is 0 Å². The highest BCUT2D eigenvalue weighted by Gasteiger charge is 2.51. The largest absolute Gasteiger partial charge is 0.349 e. The number of fused-ring (bicyclic) bond motifs is 3. The maximum Gasteiger partial charge on any atom is 0.330 e. The van der Waals surface area contributed by atoms with E-state index in [0.29, 0.717) is 30.2 Å². The van der Waals surface area contributed by atoms with Crippen LogP contribution in [0.2, 0.25) is 0 Å². The highest BCUT2D eigenvalue weighted by Crippen LogP contribution is 2.39. The summed E-state index contributed by atoms with van der Waals surface area (Å²) in [5, 5.41) is 0. The summed E-state index contributed by atoms with van der Waals surface area (Å²) in [7, 11) is 1.79. The lowest BCUT2D eigenvalue weighted by Gasteiger charge is -2.34. The molecule has 1 amide bonds. The van der Waals surface area contributed by atoms with Crippen LogP contribution in [0.15, 0.2) is 41.5 Å². The quantitative estimate of drug-likeness (QED) is 0.633. The minimum atomic E-state index is -0.0378. The van der Waals surface area contributed by atoms with E-state index in [1.165, 1.54) is 0 Å². The third kappa shape index (κ3) is 3.20. The SMILES string of the molecule is C[C@@H]1C2CN(C(=O)c3cccnc3)[C@H]1CN2c1ccc2c(n1)n(C)c(=O)n2CC(C)(C)C. The van der Waals surface area contributed by atoms with Gasteiger partial charge in [0.2, 0.25) is 0 Å². The molecule has 0 aliphatic carbocycles. The number of aryl methyl sites for hydroxylation is 1. The van der Waals surface area contributed by atoms with Gasteiger partial charge in [-0.05, 0) is 29.7 Å². The Hall–Kier alpha value is -3.16. The molecule has 0 N–H and O–H groups in total. The zero-order valence-electron chi connectivity index (χ0n) is 19.3. The molecule has 0 spiro atoms. The first-order valence-corrected chi connectivity index (χ1v) is 11.2. The normalized spacial score (nSPS) is 22.8. The van der Waals surface area contributed by atoms with Gasteiger partial charge in [-0.3, -0.25) is 18.9 Å². The van der Waals surface area contributed by atoms with Crippen LogP contribution in [0.4, 0.5) is 5.82 Å². The van der Waals surface area contributed by atoms with Crippen LogP contribution in [0.1, 0.15) is 38.1 Å². The van der Waals surface area contributed by atoms with Crippen molar-refractivity contribution in [3.63, 3.8) is 0 Å². The maximum absolute atomic E-state index is 13.0. The van der Waals surface area contributed by atoms with E-state index in [2.05, 4.69) is 37.6 Å². The van der Waals surface area contributed by atoms with Crippen LogP contribution >= 0.6 is 0 Å². The summed E-state index contributed by atoms with van der Waals surface area (Å²) in [5.74, 6) is 1.26. The summed E-state index contributed by atoms with van der Waals surface area (Å²) in [4.78, 5) is 39.1. The number of hydrogen-bond acceptors (Lipinski definition) is 5. The van der Waals surface area contributed by atoms with Crippen LogP contribution in [0.25, 0.3) is 11.2 Å². The second-order valence-corrected chi connectivity index (χ2v) is 10.3. The van der Waals surface area contributed by atoms with Gasteiger partial charge in [0.15, 0.2) is 5.65 Å². The van der Waals surface area contributed by atoms with Gasteiger partial charge >= 0.3 is 5.69 Å². The molecule has 8 nitrogen and oxygen atoms in total. The highest BCUT2D eigenvalue weighted by atomic mass is 16.2. The van der Waals surface area contributed by atoms with Gasteiger partial charge in [0.25, 0.3) is 5.91 Å². The number of anilines is 1. The minimum absolute atomic E-state index is 0.00934. The van der Waals surface area contributed by atoms with Crippen LogP contribution in [0.5, 0.6) is 0 Å². The Morgan fingerprint density at radius 1 is 1.16 bits per heavy atom. The van der Waals surface area contributed by atoms with E-state index in [1.807, 2.05) is 27.7 Å². The van der Waals surface area contributed by atoms with Crippen LogP contribution in [-0.4, -0.2) is 55.1 Å². The summed E-state index contributed by atoms with van der Waals surface area (Å²) in [6.07, 6.45) is 3.32. The van der Waals surface area contributed by atoms with Gasteiger partial charge in [0.05, 0.1) is 23.2 Å². The molecule has 3 atom stereocenters. The molecule has 2 aliphatic rings. The third-order valence-electron chi connectivity index (χ3n) is 6.84. The van der Waals surface area contributed by atoms with E-state index in [9.17, 15) is 9.59 Å². The molecule has 3 aromatic rings. The van der Waals surface area contributed by atoms with Gasteiger partial charge in [-0.15, -0.1) is 0 Å². The average molecular weight is 435 g/mol. The van der Waals surface area contributed by atoms with Crippen molar-refractivity contribution in [1.29, 1.82) is 0 Å².